The van der Waals surface area contributed by atoms with Crippen LogP contribution in [0.4, 0.5) is 0 Å². The third-order valence-electron chi connectivity index (χ3n) is 2.23. The number of phenols is 1. The van der Waals surface area contributed by atoms with Crippen molar-refractivity contribution in [2.75, 3.05) is 13.6 Å². The number of aliphatic hydroxyl groups is 1. The Morgan fingerprint density at radius 2 is 2.19 bits per heavy atom. The van der Waals surface area contributed by atoms with Gasteiger partial charge in [-0.2, -0.15) is 0 Å². The van der Waals surface area contributed by atoms with Crippen LogP contribution in [0.2, 0.25) is 0 Å². The van der Waals surface area contributed by atoms with E-state index in [9.17, 15) is 9.90 Å². The molecule has 0 aliphatic carbocycles. The molecule has 4 nitrogen and oxygen atoms in total. The second kappa shape index (κ2) is 5.51. The topological polar surface area (TPSA) is 60.8 Å². The van der Waals surface area contributed by atoms with Crippen LogP contribution in [0.1, 0.15) is 12.5 Å². The summed E-state index contributed by atoms with van der Waals surface area (Å²) in [6, 6.07) is 6.61. The van der Waals surface area contributed by atoms with E-state index in [1.54, 1.807) is 38.2 Å². The van der Waals surface area contributed by atoms with Crippen molar-refractivity contribution in [2.24, 2.45) is 0 Å². The van der Waals surface area contributed by atoms with Gasteiger partial charge in [-0.15, -0.1) is 0 Å². The predicted octanol–water partition coefficient (Wildman–Crippen LogP) is 0.774. The Morgan fingerprint density at radius 3 is 2.75 bits per heavy atom. The highest BCUT2D eigenvalue weighted by atomic mass is 16.3. The maximum atomic E-state index is 11.7. The summed E-state index contributed by atoms with van der Waals surface area (Å²) in [7, 11) is 1.65. The monoisotopic (exact) mass is 223 g/mol. The second-order valence-electron chi connectivity index (χ2n) is 3.97. The van der Waals surface area contributed by atoms with E-state index in [1.165, 1.54) is 4.90 Å². The van der Waals surface area contributed by atoms with E-state index in [0.29, 0.717) is 6.54 Å². The Labute approximate surface area is 95.1 Å². The molecule has 1 atom stereocenters. The van der Waals surface area contributed by atoms with Crippen LogP contribution in [0.3, 0.4) is 0 Å². The number of phenolic OH excluding ortho intramolecular Hbond substituents is 1. The van der Waals surface area contributed by atoms with Gasteiger partial charge in [0.05, 0.1) is 12.5 Å². The molecule has 4 heteroatoms. The Balaban J connectivity index is 2.57. The van der Waals surface area contributed by atoms with Crippen molar-refractivity contribution in [3.8, 4) is 5.75 Å². The van der Waals surface area contributed by atoms with Crippen LogP contribution < -0.4 is 0 Å². The maximum Gasteiger partial charge on any atom is 0.226 e. The van der Waals surface area contributed by atoms with E-state index in [-0.39, 0.29) is 18.1 Å². The van der Waals surface area contributed by atoms with Gasteiger partial charge in [0, 0.05) is 13.6 Å². The van der Waals surface area contributed by atoms with E-state index in [1.807, 2.05) is 0 Å². The lowest BCUT2D eigenvalue weighted by Crippen LogP contribution is -2.34. The number of carbonyl (C=O) groups is 1. The number of likely N-dealkylation sites (N-methyl/N-ethyl adjacent to an activating group) is 1. The molecule has 88 valence electrons. The van der Waals surface area contributed by atoms with E-state index in [2.05, 4.69) is 0 Å². The Morgan fingerprint density at radius 1 is 1.50 bits per heavy atom. The second-order valence-corrected chi connectivity index (χ2v) is 3.97. The number of carbonyl (C=O) groups excluding carboxylic acids is 1. The van der Waals surface area contributed by atoms with E-state index >= 15 is 0 Å². The molecule has 1 rings (SSSR count). The van der Waals surface area contributed by atoms with Crippen LogP contribution in [0, 0.1) is 0 Å². The first kappa shape index (κ1) is 12.5. The highest BCUT2D eigenvalue weighted by molar-refractivity contribution is 5.78. The van der Waals surface area contributed by atoms with Gasteiger partial charge in [0.25, 0.3) is 0 Å². The minimum atomic E-state index is -0.530. The number of amides is 1. The summed E-state index contributed by atoms with van der Waals surface area (Å²) >= 11 is 0. The average molecular weight is 223 g/mol. The first-order chi connectivity index (χ1) is 7.49. The highest BCUT2D eigenvalue weighted by Crippen LogP contribution is 2.12. The molecular formula is C12H17NO3. The molecule has 1 aromatic rings. The molecule has 2 N–H and O–H groups in total. The predicted molar refractivity (Wildman–Crippen MR) is 61.1 cm³/mol. The van der Waals surface area contributed by atoms with Crippen molar-refractivity contribution in [2.45, 2.75) is 19.4 Å². The first-order valence-corrected chi connectivity index (χ1v) is 5.19. The smallest absolute Gasteiger partial charge is 0.226 e. The van der Waals surface area contributed by atoms with Crippen molar-refractivity contribution in [3.05, 3.63) is 29.8 Å². The summed E-state index contributed by atoms with van der Waals surface area (Å²) < 4.78 is 0. The molecule has 0 saturated heterocycles. The molecule has 1 unspecified atom stereocenters. The van der Waals surface area contributed by atoms with Gasteiger partial charge in [-0.25, -0.2) is 0 Å². The quantitative estimate of drug-likeness (QED) is 0.792. The molecule has 0 spiro atoms. The van der Waals surface area contributed by atoms with E-state index < -0.39 is 6.10 Å². The molecule has 1 aromatic carbocycles. The van der Waals surface area contributed by atoms with Gasteiger partial charge in [-0.3, -0.25) is 4.79 Å². The molecule has 0 fully saturated rings. The fourth-order valence-electron chi connectivity index (χ4n) is 1.47. The highest BCUT2D eigenvalue weighted by Gasteiger charge is 2.11. The molecular weight excluding hydrogens is 206 g/mol. The standard InChI is InChI=1S/C12H17NO3/c1-9(14)8-13(2)12(16)7-10-4-3-5-11(15)6-10/h3-6,9,14-15H,7-8H2,1-2H3. The lowest BCUT2D eigenvalue weighted by molar-refractivity contribution is -0.130. The number of rotatable bonds is 4. The number of nitrogens with zero attached hydrogens (tertiary/aromatic N) is 1. The SMILES string of the molecule is CC(O)CN(C)C(=O)Cc1cccc(O)c1. The third kappa shape index (κ3) is 3.90. The lowest BCUT2D eigenvalue weighted by Gasteiger charge is -2.18. The summed E-state index contributed by atoms with van der Waals surface area (Å²) in [5.41, 5.74) is 0.766. The van der Waals surface area contributed by atoms with Gasteiger partial charge in [-0.05, 0) is 24.6 Å². The zero-order valence-corrected chi connectivity index (χ0v) is 9.55. The van der Waals surface area contributed by atoms with Crippen LogP contribution >= 0.6 is 0 Å². The molecule has 0 bridgehead atoms. The van der Waals surface area contributed by atoms with Crippen LogP contribution in [-0.4, -0.2) is 40.7 Å². The number of benzene rings is 1. The average Bonchev–Trinajstić information content (AvgIpc) is 2.16. The van der Waals surface area contributed by atoms with Crippen molar-refractivity contribution >= 4 is 5.91 Å². The molecule has 0 aliphatic rings. The Hall–Kier alpha value is -1.55. The number of aromatic hydroxyl groups is 1. The van der Waals surface area contributed by atoms with Crippen molar-refractivity contribution in [1.82, 2.24) is 4.90 Å². The van der Waals surface area contributed by atoms with Crippen LogP contribution in [0.15, 0.2) is 24.3 Å². The maximum absolute atomic E-state index is 11.7. The molecule has 0 radical (unpaired) electrons. The molecule has 16 heavy (non-hydrogen) atoms. The zero-order valence-electron chi connectivity index (χ0n) is 9.55. The normalized spacial score (nSPS) is 12.2. The van der Waals surface area contributed by atoms with Crippen LogP contribution in [0.5, 0.6) is 5.75 Å². The van der Waals surface area contributed by atoms with Crippen LogP contribution in [-0.2, 0) is 11.2 Å². The van der Waals surface area contributed by atoms with E-state index in [0.717, 1.165) is 5.56 Å². The summed E-state index contributed by atoms with van der Waals surface area (Å²) in [5, 5.41) is 18.4. The first-order valence-electron chi connectivity index (χ1n) is 5.19. The van der Waals surface area contributed by atoms with Crippen molar-refractivity contribution in [3.63, 3.8) is 0 Å². The van der Waals surface area contributed by atoms with Gasteiger partial charge in [-0.1, -0.05) is 12.1 Å². The van der Waals surface area contributed by atoms with E-state index in [4.69, 9.17) is 5.11 Å². The summed E-state index contributed by atoms with van der Waals surface area (Å²) in [4.78, 5) is 13.2. The molecule has 1 amide bonds. The molecule has 0 heterocycles. The minimum absolute atomic E-state index is 0.0773. The van der Waals surface area contributed by atoms with Gasteiger partial charge in [0.1, 0.15) is 5.75 Å². The fraction of sp³-hybridized carbons (Fsp3) is 0.417. The molecule has 0 aromatic heterocycles. The van der Waals surface area contributed by atoms with Crippen molar-refractivity contribution in [1.29, 1.82) is 0 Å². The van der Waals surface area contributed by atoms with Gasteiger partial charge < -0.3 is 15.1 Å². The van der Waals surface area contributed by atoms with Crippen molar-refractivity contribution < 1.29 is 15.0 Å². The number of hydrogen-bond donors (Lipinski definition) is 2. The summed E-state index contributed by atoms with van der Waals surface area (Å²) in [5.74, 6) is 0.0787. The largest absolute Gasteiger partial charge is 0.508 e. The van der Waals surface area contributed by atoms with Crippen LogP contribution in [0.25, 0.3) is 0 Å². The number of aliphatic hydroxyl groups excluding tert-OH is 1. The fourth-order valence-corrected chi connectivity index (χ4v) is 1.47. The zero-order chi connectivity index (χ0) is 12.1. The lowest BCUT2D eigenvalue weighted by atomic mass is 10.1. The summed E-state index contributed by atoms with van der Waals surface area (Å²) in [6.45, 7) is 1.95. The molecule has 0 aliphatic heterocycles. The Kier molecular flexibility index (Phi) is 4.31. The Bertz CT molecular complexity index is 363. The third-order valence-corrected chi connectivity index (χ3v) is 2.23. The molecule has 0 saturated carbocycles. The number of hydrogen-bond acceptors (Lipinski definition) is 3. The van der Waals surface area contributed by atoms with Gasteiger partial charge in [0.15, 0.2) is 0 Å². The minimum Gasteiger partial charge on any atom is -0.508 e. The summed E-state index contributed by atoms with van der Waals surface area (Å²) in [6.07, 6.45) is -0.296. The van der Waals surface area contributed by atoms with Gasteiger partial charge in [0.2, 0.25) is 5.91 Å². The van der Waals surface area contributed by atoms with Gasteiger partial charge >= 0.3 is 0 Å².